The molecule has 0 saturated carbocycles. The summed E-state index contributed by atoms with van der Waals surface area (Å²) in [4.78, 5) is 0. The van der Waals surface area contributed by atoms with E-state index in [2.05, 4.69) is 0 Å². The minimum Gasteiger partial charge on any atom is -0.147 e. The third-order valence-corrected chi connectivity index (χ3v) is 0. The molecule has 0 aromatic carbocycles. The largest absolute Gasteiger partial charge is 0.147 e. The van der Waals surface area contributed by atoms with E-state index < -0.39 is 0 Å². The van der Waals surface area contributed by atoms with Crippen LogP contribution in [-0.2, 0) is 0 Å². The smallest absolute Gasteiger partial charge is 0 e. The third kappa shape index (κ3) is 26.3. The summed E-state index contributed by atoms with van der Waals surface area (Å²) in [5, 5.41) is 0. The van der Waals surface area contributed by atoms with Gasteiger partial charge in [-0.2, -0.15) is 0 Å². The Morgan fingerprint density at radius 3 is 0.400 bits per heavy atom. The summed E-state index contributed by atoms with van der Waals surface area (Å²) in [5.74, 6) is 0. The maximum atomic E-state index is 0. The van der Waals surface area contributed by atoms with Gasteiger partial charge in [0, 0.05) is 18.9 Å². The summed E-state index contributed by atoms with van der Waals surface area (Å²) in [6.45, 7) is 0. The number of rotatable bonds is 0. The first-order valence-corrected chi connectivity index (χ1v) is 0. The summed E-state index contributed by atoms with van der Waals surface area (Å²) in [6, 6.07) is 0. The Bertz CT molecular complexity index is 3.61. The van der Waals surface area contributed by atoms with Gasteiger partial charge in [-0.1, -0.05) is 0 Å². The van der Waals surface area contributed by atoms with E-state index in [0.717, 1.165) is 0 Å². The normalized spacial score (nSPS) is 0. The van der Waals surface area contributed by atoms with Crippen LogP contribution in [0.15, 0.2) is 0 Å². The molecule has 0 rings (SSSR count). The van der Waals surface area contributed by atoms with Crippen molar-refractivity contribution in [3.05, 3.63) is 0 Å². The molecule has 0 spiro atoms. The zero-order valence-corrected chi connectivity index (χ0v) is 5.90. The van der Waals surface area contributed by atoms with Crippen molar-refractivity contribution in [2.24, 2.45) is 0 Å². The van der Waals surface area contributed by atoms with E-state index >= 15 is 0 Å². The average Bonchev–Trinajstić information content (AvgIpc) is 0. The molecule has 0 bridgehead atoms. The summed E-state index contributed by atoms with van der Waals surface area (Å²) in [5.41, 5.74) is 0. The summed E-state index contributed by atoms with van der Waals surface area (Å²) < 4.78 is 0. The minimum atomic E-state index is 0. The van der Waals surface area contributed by atoms with Crippen LogP contribution in [0.4, 0.5) is 0 Å². The van der Waals surface area contributed by atoms with Crippen molar-refractivity contribution < 1.29 is 0 Å². The predicted molar refractivity (Wildman–Crippen MR) is 34.7 cm³/mol. The van der Waals surface area contributed by atoms with Crippen molar-refractivity contribution in [2.75, 3.05) is 0 Å². The van der Waals surface area contributed by atoms with Gasteiger partial charge in [-0.25, -0.2) is 0 Å². The molecule has 0 amide bonds. The Morgan fingerprint density at radius 1 is 0.400 bits per heavy atom. The molecule has 0 atom stereocenters. The van der Waals surface area contributed by atoms with Crippen molar-refractivity contribution in [2.45, 2.75) is 0 Å². The summed E-state index contributed by atoms with van der Waals surface area (Å²) in [7, 11) is 0. The average molecular weight is 153 g/mol. The Hall–Kier alpha value is 1.76. The van der Waals surface area contributed by atoms with Gasteiger partial charge < -0.3 is 0 Å². The second-order valence-corrected chi connectivity index (χ2v) is 0. The van der Waals surface area contributed by atoms with Crippen LogP contribution in [0, 0.1) is 0 Å². The second-order valence-electron chi connectivity index (χ2n) is 0. The van der Waals surface area contributed by atoms with Crippen molar-refractivity contribution in [3.8, 4) is 0 Å². The number of hydrogen-bond donors (Lipinski definition) is 0. The zero-order chi connectivity index (χ0) is 0. The molecule has 5 heteroatoms. The molecular weight excluding hydrogens is 149 g/mol. The fraction of sp³-hybridized carbons (Fsp3) is 0. The van der Waals surface area contributed by atoms with Crippen molar-refractivity contribution in [3.63, 3.8) is 0 Å². The molecule has 5 heavy (non-hydrogen) atoms. The number of hydrogen-bond acceptors (Lipinski definition) is 0. The molecule has 0 nitrogen and oxygen atoms in total. The maximum absolute atomic E-state index is 0. The fourth-order valence-electron chi connectivity index (χ4n) is 0. The molecule has 0 aliphatic carbocycles. The van der Waals surface area contributed by atoms with Crippen LogP contribution < -0.4 is 0 Å². The quantitative estimate of drug-likeness (QED) is 0.460. The summed E-state index contributed by atoms with van der Waals surface area (Å²) in [6.07, 6.45) is 0. The molecular formula is H4Cl4Li. The van der Waals surface area contributed by atoms with Gasteiger partial charge in [-0.05, 0) is 0 Å². The van der Waals surface area contributed by atoms with E-state index in [0.29, 0.717) is 0 Å². The van der Waals surface area contributed by atoms with Crippen LogP contribution in [0.25, 0.3) is 0 Å². The molecule has 0 aliphatic heterocycles. The van der Waals surface area contributed by atoms with E-state index in [1.807, 2.05) is 0 Å². The van der Waals surface area contributed by atoms with Gasteiger partial charge >= 0.3 is 0 Å². The third-order valence-electron chi connectivity index (χ3n) is 0. The molecule has 0 saturated heterocycles. The molecule has 0 fully saturated rings. The van der Waals surface area contributed by atoms with Crippen LogP contribution in [0.5, 0.6) is 0 Å². The Labute approximate surface area is 68.3 Å². The molecule has 0 aromatic rings. The van der Waals surface area contributed by atoms with Gasteiger partial charge in [0.2, 0.25) is 0 Å². The molecule has 0 heterocycles. The van der Waals surface area contributed by atoms with E-state index in [9.17, 15) is 0 Å². The van der Waals surface area contributed by atoms with Gasteiger partial charge in [0.1, 0.15) is 0 Å². The van der Waals surface area contributed by atoms with Crippen molar-refractivity contribution >= 4 is 68.5 Å². The topological polar surface area (TPSA) is 0 Å². The van der Waals surface area contributed by atoms with Gasteiger partial charge in [-0.15, -0.1) is 49.6 Å². The molecule has 0 unspecified atom stereocenters. The number of halogens is 4. The first kappa shape index (κ1) is 72.5. The predicted octanol–water partition coefficient (Wildman–Crippen LogP) is 1.31. The summed E-state index contributed by atoms with van der Waals surface area (Å²) >= 11 is 0. The maximum Gasteiger partial charge on any atom is 0 e. The van der Waals surface area contributed by atoms with Gasteiger partial charge in [-0.3, -0.25) is 0 Å². The van der Waals surface area contributed by atoms with Crippen LogP contribution >= 0.6 is 49.6 Å². The van der Waals surface area contributed by atoms with Gasteiger partial charge in [0.15, 0.2) is 0 Å². The van der Waals surface area contributed by atoms with Crippen molar-refractivity contribution in [1.29, 1.82) is 0 Å². The van der Waals surface area contributed by atoms with E-state index in [1.165, 1.54) is 0 Å². The monoisotopic (exact) mass is 151 g/mol. The van der Waals surface area contributed by atoms with Gasteiger partial charge in [0.25, 0.3) is 0 Å². The Morgan fingerprint density at radius 2 is 0.400 bits per heavy atom. The molecule has 0 aromatic heterocycles. The van der Waals surface area contributed by atoms with Crippen molar-refractivity contribution in [1.82, 2.24) is 0 Å². The second kappa shape index (κ2) is 42.2. The fourth-order valence-corrected chi connectivity index (χ4v) is 0. The standard InChI is InChI=1S/4ClH.Li/h4*1H;. The van der Waals surface area contributed by atoms with E-state index in [1.54, 1.807) is 0 Å². The van der Waals surface area contributed by atoms with Crippen LogP contribution in [0.2, 0.25) is 0 Å². The van der Waals surface area contributed by atoms with E-state index in [4.69, 9.17) is 0 Å². The SMILES string of the molecule is Cl.Cl.Cl.Cl.[Li]. The molecule has 0 aliphatic rings. The first-order chi connectivity index (χ1) is 0. The molecule has 33 valence electrons. The minimum absolute atomic E-state index is 0. The Kier molecular flexibility index (Phi) is 612. The molecule has 1 radical (unpaired) electrons. The van der Waals surface area contributed by atoms with Crippen LogP contribution in [-0.4, -0.2) is 18.9 Å². The van der Waals surface area contributed by atoms with Crippen LogP contribution in [0.3, 0.4) is 0 Å². The van der Waals surface area contributed by atoms with Crippen LogP contribution in [0.1, 0.15) is 0 Å². The first-order valence-electron chi connectivity index (χ1n) is 0. The zero-order valence-electron chi connectivity index (χ0n) is 2.63. The van der Waals surface area contributed by atoms with Gasteiger partial charge in [0.05, 0.1) is 0 Å². The Balaban J connectivity index is 0. The molecule has 0 N–H and O–H groups in total. The van der Waals surface area contributed by atoms with E-state index in [-0.39, 0.29) is 68.5 Å².